The van der Waals surface area contributed by atoms with Crippen LogP contribution in [0.5, 0.6) is 5.75 Å². The summed E-state index contributed by atoms with van der Waals surface area (Å²) in [6.07, 6.45) is 13.8. The fourth-order valence-electron chi connectivity index (χ4n) is 4.04. The average Bonchev–Trinajstić information content (AvgIpc) is 2.86. The number of unbranched alkanes of at least 4 members (excludes halogenated alkanes) is 6. The Balaban J connectivity index is 1.51. The fourth-order valence-corrected chi connectivity index (χ4v) is 4.04. The lowest BCUT2D eigenvalue weighted by atomic mass is 10.0. The van der Waals surface area contributed by atoms with Crippen LogP contribution in [0.1, 0.15) is 86.7 Å². The van der Waals surface area contributed by atoms with Crippen molar-refractivity contribution in [2.45, 2.75) is 78.1 Å². The zero-order chi connectivity index (χ0) is 24.2. The number of hydrogen-bond acceptors (Lipinski definition) is 3. The summed E-state index contributed by atoms with van der Waals surface area (Å²) < 4.78 is 19.5. The van der Waals surface area contributed by atoms with E-state index >= 15 is 0 Å². The van der Waals surface area contributed by atoms with Crippen LogP contribution in [-0.2, 0) is 12.8 Å². The Morgan fingerprint density at radius 1 is 0.794 bits per heavy atom. The molecule has 2 aromatic carbocycles. The molecule has 3 nitrogen and oxygen atoms in total. The predicted octanol–water partition coefficient (Wildman–Crippen LogP) is 8.35. The number of aryl methyl sites for hydroxylation is 2. The lowest BCUT2D eigenvalue weighted by Crippen LogP contribution is -2.09. The third-order valence-electron chi connectivity index (χ3n) is 6.05. The highest BCUT2D eigenvalue weighted by molar-refractivity contribution is 5.91. The topological polar surface area (TPSA) is 39.2 Å². The van der Waals surface area contributed by atoms with Gasteiger partial charge in [-0.15, -0.1) is 0 Å². The SMILES string of the molecule is CCCCCCCCCc1ccc(-c2ccc(C(=O)Oc3ccc(CCC)cc3F)cc2)nc1. The van der Waals surface area contributed by atoms with Gasteiger partial charge in [0.2, 0.25) is 0 Å². The van der Waals surface area contributed by atoms with Gasteiger partial charge in [0.1, 0.15) is 0 Å². The van der Waals surface area contributed by atoms with Crippen LogP contribution in [0.4, 0.5) is 4.39 Å². The van der Waals surface area contributed by atoms with Crippen LogP contribution in [0.15, 0.2) is 60.8 Å². The Labute approximate surface area is 203 Å². The van der Waals surface area contributed by atoms with Gasteiger partial charge in [-0.1, -0.05) is 83.1 Å². The Morgan fingerprint density at radius 3 is 2.15 bits per heavy atom. The summed E-state index contributed by atoms with van der Waals surface area (Å²) in [6, 6.07) is 16.0. The Bertz CT molecular complexity index is 1030. The zero-order valence-electron chi connectivity index (χ0n) is 20.5. The third kappa shape index (κ3) is 7.79. The van der Waals surface area contributed by atoms with Gasteiger partial charge < -0.3 is 4.74 Å². The summed E-state index contributed by atoms with van der Waals surface area (Å²) in [7, 11) is 0. The maximum atomic E-state index is 14.2. The number of carbonyl (C=O) groups excluding carboxylic acids is 1. The average molecular weight is 462 g/mol. The second-order valence-corrected chi connectivity index (χ2v) is 8.90. The lowest BCUT2D eigenvalue weighted by Gasteiger charge is -2.08. The predicted molar refractivity (Wildman–Crippen MR) is 137 cm³/mol. The molecular weight excluding hydrogens is 425 g/mol. The fraction of sp³-hybridized carbons (Fsp3) is 0.400. The van der Waals surface area contributed by atoms with Crippen molar-refractivity contribution in [2.24, 2.45) is 0 Å². The monoisotopic (exact) mass is 461 g/mol. The van der Waals surface area contributed by atoms with Gasteiger partial charge in [-0.25, -0.2) is 9.18 Å². The number of rotatable bonds is 13. The van der Waals surface area contributed by atoms with E-state index in [1.807, 2.05) is 31.3 Å². The molecule has 4 heteroatoms. The molecule has 0 aliphatic rings. The summed E-state index contributed by atoms with van der Waals surface area (Å²) in [4.78, 5) is 17.1. The summed E-state index contributed by atoms with van der Waals surface area (Å²) >= 11 is 0. The van der Waals surface area contributed by atoms with Gasteiger partial charge in [0.25, 0.3) is 0 Å². The first kappa shape index (κ1) is 25.6. The molecule has 0 saturated carbocycles. The van der Waals surface area contributed by atoms with E-state index in [2.05, 4.69) is 18.0 Å². The minimum Gasteiger partial charge on any atom is -0.420 e. The van der Waals surface area contributed by atoms with Crippen molar-refractivity contribution in [3.05, 3.63) is 83.3 Å². The van der Waals surface area contributed by atoms with Gasteiger partial charge in [0.15, 0.2) is 11.6 Å². The van der Waals surface area contributed by atoms with E-state index < -0.39 is 11.8 Å². The number of benzene rings is 2. The largest absolute Gasteiger partial charge is 0.420 e. The number of pyridine rings is 1. The third-order valence-corrected chi connectivity index (χ3v) is 6.05. The molecule has 0 N–H and O–H groups in total. The number of halogens is 1. The number of hydrogen-bond donors (Lipinski definition) is 0. The first-order chi connectivity index (χ1) is 16.6. The van der Waals surface area contributed by atoms with Crippen molar-refractivity contribution in [1.29, 1.82) is 0 Å². The molecular formula is C30H36FNO2. The number of carbonyl (C=O) groups is 1. The summed E-state index contributed by atoms with van der Waals surface area (Å²) in [6.45, 7) is 4.28. The van der Waals surface area contributed by atoms with E-state index in [1.165, 1.54) is 62.6 Å². The highest BCUT2D eigenvalue weighted by Gasteiger charge is 2.13. The van der Waals surface area contributed by atoms with Crippen molar-refractivity contribution < 1.29 is 13.9 Å². The maximum Gasteiger partial charge on any atom is 0.343 e. The van der Waals surface area contributed by atoms with Gasteiger partial charge in [0, 0.05) is 11.8 Å². The molecule has 0 aliphatic heterocycles. The molecule has 0 saturated heterocycles. The highest BCUT2D eigenvalue weighted by Crippen LogP contribution is 2.22. The molecule has 0 spiro atoms. The van der Waals surface area contributed by atoms with Crippen LogP contribution in [-0.4, -0.2) is 11.0 Å². The molecule has 0 unspecified atom stereocenters. The second-order valence-electron chi connectivity index (χ2n) is 8.90. The van der Waals surface area contributed by atoms with Crippen molar-refractivity contribution in [1.82, 2.24) is 4.98 Å². The van der Waals surface area contributed by atoms with Crippen molar-refractivity contribution in [2.75, 3.05) is 0 Å². The van der Waals surface area contributed by atoms with Gasteiger partial charge in [-0.05, 0) is 60.7 Å². The summed E-state index contributed by atoms with van der Waals surface area (Å²) in [5.74, 6) is -1.14. The first-order valence-corrected chi connectivity index (χ1v) is 12.7. The number of aromatic nitrogens is 1. The lowest BCUT2D eigenvalue weighted by molar-refractivity contribution is 0.0728. The van der Waals surface area contributed by atoms with Crippen molar-refractivity contribution in [3.63, 3.8) is 0 Å². The summed E-state index contributed by atoms with van der Waals surface area (Å²) in [5, 5.41) is 0. The summed E-state index contributed by atoms with van der Waals surface area (Å²) in [5.41, 5.74) is 4.31. The molecule has 3 rings (SSSR count). The van der Waals surface area contributed by atoms with E-state index in [4.69, 9.17) is 4.74 Å². The molecule has 0 aliphatic carbocycles. The van der Waals surface area contributed by atoms with Crippen LogP contribution in [0.2, 0.25) is 0 Å². The minimum absolute atomic E-state index is 0.0489. The van der Waals surface area contributed by atoms with E-state index in [-0.39, 0.29) is 5.75 Å². The molecule has 0 fully saturated rings. The van der Waals surface area contributed by atoms with Crippen LogP contribution >= 0.6 is 0 Å². The van der Waals surface area contributed by atoms with Crippen molar-refractivity contribution >= 4 is 5.97 Å². The Hall–Kier alpha value is -3.01. The smallest absolute Gasteiger partial charge is 0.343 e. The number of esters is 1. The van der Waals surface area contributed by atoms with Gasteiger partial charge in [-0.2, -0.15) is 0 Å². The molecule has 0 atom stereocenters. The second kappa shape index (κ2) is 13.6. The molecule has 3 aromatic rings. The number of nitrogens with zero attached hydrogens (tertiary/aromatic N) is 1. The molecule has 34 heavy (non-hydrogen) atoms. The van der Waals surface area contributed by atoms with Gasteiger partial charge in [0.05, 0.1) is 11.3 Å². The molecule has 0 amide bonds. The van der Waals surface area contributed by atoms with E-state index in [0.29, 0.717) is 5.56 Å². The van der Waals surface area contributed by atoms with E-state index in [1.54, 1.807) is 18.2 Å². The van der Waals surface area contributed by atoms with Crippen LogP contribution < -0.4 is 4.74 Å². The molecule has 0 bridgehead atoms. The molecule has 1 aromatic heterocycles. The van der Waals surface area contributed by atoms with E-state index in [9.17, 15) is 9.18 Å². The van der Waals surface area contributed by atoms with Crippen molar-refractivity contribution in [3.8, 4) is 17.0 Å². The molecule has 180 valence electrons. The standard InChI is InChI=1S/C30H36FNO2/c1-3-5-6-7-8-9-10-12-24-13-19-28(32-22-24)25-15-17-26(18-16-25)30(33)34-29-20-14-23(11-4-2)21-27(29)31/h13-22H,3-12H2,1-2H3. The molecule has 0 radical (unpaired) electrons. The maximum absolute atomic E-state index is 14.2. The normalized spacial score (nSPS) is 10.9. The Morgan fingerprint density at radius 2 is 1.50 bits per heavy atom. The van der Waals surface area contributed by atoms with Crippen LogP contribution in [0, 0.1) is 5.82 Å². The zero-order valence-corrected chi connectivity index (χ0v) is 20.5. The van der Waals surface area contributed by atoms with Gasteiger partial charge >= 0.3 is 5.97 Å². The van der Waals surface area contributed by atoms with Crippen LogP contribution in [0.3, 0.4) is 0 Å². The minimum atomic E-state index is -0.577. The van der Waals surface area contributed by atoms with Gasteiger partial charge in [-0.3, -0.25) is 4.98 Å². The first-order valence-electron chi connectivity index (χ1n) is 12.7. The Kier molecular flexibility index (Phi) is 10.3. The van der Waals surface area contributed by atoms with Crippen LogP contribution in [0.25, 0.3) is 11.3 Å². The highest BCUT2D eigenvalue weighted by atomic mass is 19.1. The molecule has 1 heterocycles. The van der Waals surface area contributed by atoms with E-state index in [0.717, 1.165) is 36.1 Å². The quantitative estimate of drug-likeness (QED) is 0.146. The number of ether oxygens (including phenoxy) is 1.